The van der Waals surface area contributed by atoms with Crippen molar-refractivity contribution in [3.05, 3.63) is 25.3 Å². The van der Waals surface area contributed by atoms with Gasteiger partial charge in [-0.3, -0.25) is 14.4 Å². The molecule has 0 aromatic rings. The number of carbonyl (C=O) groups excluding carboxylic acids is 3. The van der Waals surface area contributed by atoms with Crippen molar-refractivity contribution < 1.29 is 24.2 Å². The number of esters is 1. The maximum atomic E-state index is 14.1. The number of rotatable bonds is 12. The molecule has 2 bridgehead atoms. The van der Waals surface area contributed by atoms with E-state index in [-0.39, 0.29) is 47.7 Å². The molecule has 2 amide bonds. The number of hydrogen-bond acceptors (Lipinski definition) is 6. The second-order valence-corrected chi connectivity index (χ2v) is 11.8. The van der Waals surface area contributed by atoms with Gasteiger partial charge in [0.1, 0.15) is 12.6 Å². The van der Waals surface area contributed by atoms with Gasteiger partial charge in [0.25, 0.3) is 0 Å². The maximum Gasteiger partial charge on any atom is 0.311 e. The van der Waals surface area contributed by atoms with Crippen molar-refractivity contribution in [1.29, 1.82) is 0 Å². The number of hydrogen-bond donors (Lipinski definition) is 1. The van der Waals surface area contributed by atoms with Crippen LogP contribution >= 0.6 is 27.7 Å². The van der Waals surface area contributed by atoms with Gasteiger partial charge in [-0.05, 0) is 26.2 Å². The summed E-state index contributed by atoms with van der Waals surface area (Å²) in [6.45, 7) is 12.2. The summed E-state index contributed by atoms with van der Waals surface area (Å²) in [4.78, 5) is 44.3. The summed E-state index contributed by atoms with van der Waals surface area (Å²) in [7, 11) is 0. The molecule has 4 unspecified atom stereocenters. The molecule has 7 nitrogen and oxygen atoms in total. The summed E-state index contributed by atoms with van der Waals surface area (Å²) in [6, 6.07) is -0.685. The van der Waals surface area contributed by atoms with Crippen molar-refractivity contribution in [1.82, 2.24) is 9.80 Å². The topological polar surface area (TPSA) is 87.2 Å². The molecule has 0 aromatic carbocycles. The zero-order valence-electron chi connectivity index (χ0n) is 19.5. The molecule has 9 heteroatoms. The minimum absolute atomic E-state index is 0.00171. The van der Waals surface area contributed by atoms with Crippen LogP contribution in [0.3, 0.4) is 0 Å². The van der Waals surface area contributed by atoms with Crippen LogP contribution in [-0.4, -0.2) is 85.9 Å². The summed E-state index contributed by atoms with van der Waals surface area (Å²) in [5, 5.41) is 9.33. The molecule has 33 heavy (non-hydrogen) atoms. The molecular weight excluding hydrogens is 508 g/mol. The summed E-state index contributed by atoms with van der Waals surface area (Å²) < 4.78 is 4.68. The van der Waals surface area contributed by atoms with Crippen LogP contribution < -0.4 is 0 Å². The van der Waals surface area contributed by atoms with Gasteiger partial charge in [-0.2, -0.15) is 0 Å². The lowest BCUT2D eigenvalue weighted by Gasteiger charge is -2.39. The molecule has 0 saturated carbocycles. The second-order valence-electron chi connectivity index (χ2n) is 9.11. The number of thioether (sulfide) groups is 1. The van der Waals surface area contributed by atoms with Crippen LogP contribution in [0.1, 0.15) is 39.5 Å². The second kappa shape index (κ2) is 11.0. The lowest BCUT2D eigenvalue weighted by molar-refractivity contribution is -0.153. The normalized spacial score (nSPS) is 33.0. The number of amides is 2. The highest BCUT2D eigenvalue weighted by atomic mass is 79.9. The first kappa shape index (κ1) is 26.3. The van der Waals surface area contributed by atoms with E-state index in [1.54, 1.807) is 22.7 Å². The Balaban J connectivity index is 2.03. The number of aliphatic hydroxyl groups is 1. The molecule has 1 spiro atoms. The number of likely N-dealkylation sites (tertiary alicyclic amines) is 1. The van der Waals surface area contributed by atoms with E-state index in [2.05, 4.69) is 36.0 Å². The summed E-state index contributed by atoms with van der Waals surface area (Å²) in [5.41, 5.74) is 0. The van der Waals surface area contributed by atoms with Gasteiger partial charge in [-0.1, -0.05) is 48.0 Å². The average Bonchev–Trinajstić information content (AvgIpc) is 3.37. The summed E-state index contributed by atoms with van der Waals surface area (Å²) in [6.07, 6.45) is 6.02. The van der Waals surface area contributed by atoms with Gasteiger partial charge in [0, 0.05) is 35.8 Å². The van der Waals surface area contributed by atoms with Crippen LogP contribution in [-0.2, 0) is 19.1 Å². The number of alkyl halides is 1. The predicted molar refractivity (Wildman–Crippen MR) is 133 cm³/mol. The van der Waals surface area contributed by atoms with E-state index in [1.165, 1.54) is 6.08 Å². The molecule has 0 radical (unpaired) electrons. The van der Waals surface area contributed by atoms with Crippen LogP contribution in [0, 0.1) is 11.8 Å². The Morgan fingerprint density at radius 2 is 2.15 bits per heavy atom. The van der Waals surface area contributed by atoms with E-state index in [0.717, 1.165) is 12.8 Å². The van der Waals surface area contributed by atoms with E-state index in [1.807, 2.05) is 11.8 Å². The molecule has 3 fully saturated rings. The van der Waals surface area contributed by atoms with E-state index < -0.39 is 28.6 Å². The quantitative estimate of drug-likeness (QED) is 0.232. The lowest BCUT2D eigenvalue weighted by atomic mass is 9.71. The third-order valence-electron chi connectivity index (χ3n) is 7.04. The highest BCUT2D eigenvalue weighted by Crippen LogP contribution is 2.68. The van der Waals surface area contributed by atoms with Gasteiger partial charge in [0.15, 0.2) is 0 Å². The van der Waals surface area contributed by atoms with E-state index in [4.69, 9.17) is 4.74 Å². The van der Waals surface area contributed by atoms with Gasteiger partial charge in [0.05, 0.1) is 16.6 Å². The minimum Gasteiger partial charge on any atom is -0.461 e. The standard InChI is InChI=1S/C24H35BrN2O5S/c1-5-9-15(4)26(10-6-2)22(30)20-24-14-16(25)19(33-24)17(23(31)32-13-7-3)18(24)21(29)27(20)11-8-12-28/h6-7,15-20,28H,2-3,5,8-14H2,1,4H3/t15?,16?,17-,18+,19-,20?,24?/m1/s1. The molecule has 3 aliphatic heterocycles. The van der Waals surface area contributed by atoms with E-state index in [9.17, 15) is 19.5 Å². The zero-order chi connectivity index (χ0) is 24.3. The van der Waals surface area contributed by atoms with Crippen LogP contribution in [0.25, 0.3) is 0 Å². The van der Waals surface area contributed by atoms with Crippen LogP contribution in [0.2, 0.25) is 0 Å². The van der Waals surface area contributed by atoms with Crippen molar-refractivity contribution in [3.63, 3.8) is 0 Å². The molecule has 0 aliphatic carbocycles. The first-order valence-corrected chi connectivity index (χ1v) is 13.5. The average molecular weight is 544 g/mol. The van der Waals surface area contributed by atoms with Gasteiger partial charge in [0.2, 0.25) is 11.8 Å². The molecule has 3 saturated heterocycles. The van der Waals surface area contributed by atoms with Gasteiger partial charge in [-0.15, -0.1) is 18.3 Å². The van der Waals surface area contributed by atoms with Crippen molar-refractivity contribution in [2.45, 2.75) is 66.4 Å². The first-order chi connectivity index (χ1) is 15.8. The molecule has 184 valence electrons. The van der Waals surface area contributed by atoms with E-state index >= 15 is 0 Å². The SMILES string of the molecule is C=CCOC(=O)[C@H]1[C@@H]2SC3(CC2Br)C(C(=O)N(CC=C)C(C)CCC)N(CCCO)C(=O)[C@H]13. The van der Waals surface area contributed by atoms with E-state index in [0.29, 0.717) is 19.4 Å². The highest BCUT2D eigenvalue weighted by Gasteiger charge is 2.76. The lowest BCUT2D eigenvalue weighted by Crippen LogP contribution is -2.57. The fourth-order valence-corrected chi connectivity index (χ4v) is 9.35. The third-order valence-corrected chi connectivity index (χ3v) is 10.3. The Hall–Kier alpha value is -1.32. The van der Waals surface area contributed by atoms with Gasteiger partial charge < -0.3 is 19.6 Å². The Labute approximate surface area is 209 Å². The van der Waals surface area contributed by atoms with Gasteiger partial charge >= 0.3 is 5.97 Å². The zero-order valence-corrected chi connectivity index (χ0v) is 21.9. The van der Waals surface area contributed by atoms with Crippen LogP contribution in [0.5, 0.6) is 0 Å². The number of halogens is 1. The fourth-order valence-electron chi connectivity index (χ4n) is 5.75. The molecular formula is C24H35BrN2O5S. The van der Waals surface area contributed by atoms with Gasteiger partial charge in [-0.25, -0.2) is 0 Å². The van der Waals surface area contributed by atoms with Crippen molar-refractivity contribution in [3.8, 4) is 0 Å². The number of nitrogens with zero attached hydrogens (tertiary/aromatic N) is 2. The monoisotopic (exact) mass is 542 g/mol. The Morgan fingerprint density at radius 1 is 1.42 bits per heavy atom. The fraction of sp³-hybridized carbons (Fsp3) is 0.708. The highest BCUT2D eigenvalue weighted by molar-refractivity contribution is 9.09. The number of carbonyl (C=O) groups is 3. The molecule has 3 heterocycles. The molecule has 1 N–H and O–H groups in total. The largest absolute Gasteiger partial charge is 0.461 e. The number of fused-ring (bicyclic) bond motifs is 1. The summed E-state index contributed by atoms with van der Waals surface area (Å²) >= 11 is 5.33. The molecule has 3 rings (SSSR count). The Bertz CT molecular complexity index is 795. The first-order valence-electron chi connectivity index (χ1n) is 11.7. The summed E-state index contributed by atoms with van der Waals surface area (Å²) in [5.74, 6) is -1.92. The number of aliphatic hydroxyl groups excluding tert-OH is 1. The van der Waals surface area contributed by atoms with Crippen LogP contribution in [0.4, 0.5) is 0 Å². The smallest absolute Gasteiger partial charge is 0.311 e. The van der Waals surface area contributed by atoms with Crippen molar-refractivity contribution in [2.75, 3.05) is 26.3 Å². The Morgan fingerprint density at radius 3 is 2.76 bits per heavy atom. The molecule has 0 aromatic heterocycles. The molecule has 3 aliphatic rings. The molecule has 7 atom stereocenters. The van der Waals surface area contributed by atoms with Crippen LogP contribution in [0.15, 0.2) is 25.3 Å². The van der Waals surface area contributed by atoms with Crippen molar-refractivity contribution >= 4 is 45.5 Å². The predicted octanol–water partition coefficient (Wildman–Crippen LogP) is 2.77. The third kappa shape index (κ3) is 4.52. The maximum absolute atomic E-state index is 14.1. The number of ether oxygens (including phenoxy) is 1. The minimum atomic E-state index is -0.703. The van der Waals surface area contributed by atoms with Crippen molar-refractivity contribution in [2.24, 2.45) is 11.8 Å². The Kier molecular flexibility index (Phi) is 8.72.